The van der Waals surface area contributed by atoms with Crippen LogP contribution in [0, 0.1) is 13.8 Å². The number of rotatable bonds is 4. The molecule has 1 aromatic rings. The molecule has 4 amide bonds. The van der Waals surface area contributed by atoms with Gasteiger partial charge in [-0.3, -0.25) is 14.5 Å². The number of carboxylic acids is 1. The van der Waals surface area contributed by atoms with Crippen LogP contribution in [0.4, 0.5) is 9.80 Å². The van der Waals surface area contributed by atoms with E-state index in [1.165, 1.54) is 0 Å². The standard InChI is InChI=1S/C12H13N3O5S/c1-5-6(2)21-10(9(5)11(18)19)14-7(16)4-15-8(17)3-13-12(15)20/h3-4H2,1-2H3,(H,13,20)(H,14,16)(H,18,19). The first-order valence-electron chi connectivity index (χ1n) is 6.02. The number of carboxylic acid groups (broad SMARTS) is 1. The van der Waals surface area contributed by atoms with Crippen molar-refractivity contribution in [2.24, 2.45) is 0 Å². The zero-order valence-electron chi connectivity index (χ0n) is 11.3. The van der Waals surface area contributed by atoms with Gasteiger partial charge in [0.1, 0.15) is 11.5 Å². The quantitative estimate of drug-likeness (QED) is 0.702. The van der Waals surface area contributed by atoms with E-state index in [2.05, 4.69) is 10.6 Å². The van der Waals surface area contributed by atoms with Crippen LogP contribution in [-0.4, -0.2) is 46.9 Å². The minimum absolute atomic E-state index is 0.0306. The Bertz CT molecular complexity index is 636. The third-order valence-electron chi connectivity index (χ3n) is 3.09. The second-order valence-electron chi connectivity index (χ2n) is 4.48. The van der Waals surface area contributed by atoms with Gasteiger partial charge in [-0.1, -0.05) is 0 Å². The highest BCUT2D eigenvalue weighted by atomic mass is 32.1. The van der Waals surface area contributed by atoms with E-state index < -0.39 is 30.4 Å². The van der Waals surface area contributed by atoms with Gasteiger partial charge in [0.15, 0.2) is 0 Å². The third-order valence-corrected chi connectivity index (χ3v) is 4.21. The molecule has 9 heteroatoms. The van der Waals surface area contributed by atoms with E-state index in [0.717, 1.165) is 21.1 Å². The van der Waals surface area contributed by atoms with E-state index in [9.17, 15) is 19.2 Å². The summed E-state index contributed by atoms with van der Waals surface area (Å²) in [5.41, 5.74) is 0.612. The Kier molecular flexibility index (Phi) is 3.94. The number of aromatic carboxylic acids is 1. The van der Waals surface area contributed by atoms with Crippen LogP contribution in [0.15, 0.2) is 0 Å². The van der Waals surface area contributed by atoms with E-state index in [0.29, 0.717) is 5.56 Å². The maximum absolute atomic E-state index is 11.9. The molecule has 0 bridgehead atoms. The number of amides is 4. The summed E-state index contributed by atoms with van der Waals surface area (Å²) < 4.78 is 0. The lowest BCUT2D eigenvalue weighted by atomic mass is 10.1. The van der Waals surface area contributed by atoms with Crippen LogP contribution in [0.1, 0.15) is 20.8 Å². The van der Waals surface area contributed by atoms with Crippen LogP contribution in [0.2, 0.25) is 0 Å². The summed E-state index contributed by atoms with van der Waals surface area (Å²) in [6, 6.07) is -0.632. The minimum atomic E-state index is -1.14. The van der Waals surface area contributed by atoms with Crippen LogP contribution in [0.25, 0.3) is 0 Å². The molecule has 2 heterocycles. The molecule has 1 aliphatic rings. The second-order valence-corrected chi connectivity index (χ2v) is 5.70. The van der Waals surface area contributed by atoms with Gasteiger partial charge < -0.3 is 15.7 Å². The summed E-state index contributed by atoms with van der Waals surface area (Å²) in [5, 5.41) is 14.1. The van der Waals surface area contributed by atoms with Gasteiger partial charge in [0, 0.05) is 4.88 Å². The highest BCUT2D eigenvalue weighted by Gasteiger charge is 2.30. The Morgan fingerprint density at radius 1 is 1.38 bits per heavy atom. The van der Waals surface area contributed by atoms with Crippen molar-refractivity contribution in [3.05, 3.63) is 16.0 Å². The molecule has 0 atom stereocenters. The normalized spacial score (nSPS) is 14.3. The summed E-state index contributed by atoms with van der Waals surface area (Å²) in [7, 11) is 0. The molecule has 1 saturated heterocycles. The van der Waals surface area contributed by atoms with E-state index >= 15 is 0 Å². The van der Waals surface area contributed by atoms with Crippen LogP contribution in [-0.2, 0) is 9.59 Å². The van der Waals surface area contributed by atoms with Crippen LogP contribution < -0.4 is 10.6 Å². The van der Waals surface area contributed by atoms with Gasteiger partial charge in [-0.15, -0.1) is 11.3 Å². The van der Waals surface area contributed by atoms with E-state index in [-0.39, 0.29) is 17.1 Å². The van der Waals surface area contributed by atoms with Crippen molar-refractivity contribution in [2.75, 3.05) is 18.4 Å². The van der Waals surface area contributed by atoms with E-state index in [1.807, 2.05) is 0 Å². The van der Waals surface area contributed by atoms with Crippen LogP contribution >= 0.6 is 11.3 Å². The Labute approximate surface area is 123 Å². The lowest BCUT2D eigenvalue weighted by Gasteiger charge is -2.11. The number of urea groups is 1. The molecule has 1 aliphatic heterocycles. The first-order chi connectivity index (χ1) is 9.81. The van der Waals surface area contributed by atoms with Gasteiger partial charge in [-0.25, -0.2) is 9.59 Å². The highest BCUT2D eigenvalue weighted by Crippen LogP contribution is 2.32. The summed E-state index contributed by atoms with van der Waals surface area (Å²) in [6.07, 6.45) is 0. The molecule has 112 valence electrons. The van der Waals surface area contributed by atoms with Crippen LogP contribution in [0.3, 0.4) is 0 Å². The fraction of sp³-hybridized carbons (Fsp3) is 0.333. The number of anilines is 1. The van der Waals surface area contributed by atoms with Crippen molar-refractivity contribution in [1.82, 2.24) is 10.2 Å². The molecular weight excluding hydrogens is 298 g/mol. The number of carbonyl (C=O) groups is 4. The molecule has 8 nitrogen and oxygen atoms in total. The summed E-state index contributed by atoms with van der Waals surface area (Å²) in [4.78, 5) is 47.4. The van der Waals surface area contributed by atoms with E-state index in [4.69, 9.17) is 5.11 Å². The molecule has 2 rings (SSSR count). The molecule has 0 aliphatic carbocycles. The van der Waals surface area contributed by atoms with E-state index in [1.54, 1.807) is 13.8 Å². The molecule has 1 fully saturated rings. The SMILES string of the molecule is Cc1sc(NC(=O)CN2C(=O)CNC2=O)c(C(=O)O)c1C. The number of carbonyl (C=O) groups excluding carboxylic acids is 3. The second kappa shape index (κ2) is 5.52. The van der Waals surface area contributed by atoms with Crippen molar-refractivity contribution in [3.63, 3.8) is 0 Å². The summed E-state index contributed by atoms with van der Waals surface area (Å²) >= 11 is 1.14. The Morgan fingerprint density at radius 2 is 2.05 bits per heavy atom. The molecule has 0 radical (unpaired) electrons. The Morgan fingerprint density at radius 3 is 2.57 bits per heavy atom. The zero-order valence-corrected chi connectivity index (χ0v) is 12.2. The average Bonchev–Trinajstić information content (AvgIpc) is 2.83. The van der Waals surface area contributed by atoms with Crippen molar-refractivity contribution in [3.8, 4) is 0 Å². The van der Waals surface area contributed by atoms with Crippen LogP contribution in [0.5, 0.6) is 0 Å². The molecule has 0 unspecified atom stereocenters. The summed E-state index contributed by atoms with van der Waals surface area (Å²) in [5.74, 6) is -2.25. The topological polar surface area (TPSA) is 116 Å². The van der Waals surface area contributed by atoms with Crippen molar-refractivity contribution in [2.45, 2.75) is 13.8 Å². The van der Waals surface area contributed by atoms with Gasteiger partial charge in [0.05, 0.1) is 12.1 Å². The lowest BCUT2D eigenvalue weighted by Crippen LogP contribution is -2.38. The maximum atomic E-state index is 11.9. The number of thiophene rings is 1. The largest absolute Gasteiger partial charge is 0.478 e. The highest BCUT2D eigenvalue weighted by molar-refractivity contribution is 7.16. The maximum Gasteiger partial charge on any atom is 0.338 e. The summed E-state index contributed by atoms with van der Waals surface area (Å²) in [6.45, 7) is 2.82. The third kappa shape index (κ3) is 2.87. The predicted octanol–water partition coefficient (Wildman–Crippen LogP) is 0.553. The fourth-order valence-electron chi connectivity index (χ4n) is 1.90. The van der Waals surface area contributed by atoms with Crippen molar-refractivity contribution >= 4 is 40.2 Å². The Hall–Kier alpha value is -2.42. The first-order valence-corrected chi connectivity index (χ1v) is 6.84. The Balaban J connectivity index is 2.13. The van der Waals surface area contributed by atoms with Gasteiger partial charge in [0.2, 0.25) is 5.91 Å². The number of imide groups is 1. The predicted molar refractivity (Wildman–Crippen MR) is 74.5 cm³/mol. The fourth-order valence-corrected chi connectivity index (χ4v) is 2.97. The number of nitrogens with one attached hydrogen (secondary N) is 2. The molecule has 3 N–H and O–H groups in total. The lowest BCUT2D eigenvalue weighted by molar-refractivity contribution is -0.128. The van der Waals surface area contributed by atoms with Gasteiger partial charge in [-0.05, 0) is 19.4 Å². The number of aryl methyl sites for hydroxylation is 1. The van der Waals surface area contributed by atoms with Gasteiger partial charge in [0.25, 0.3) is 5.91 Å². The molecular formula is C12H13N3O5S. The molecule has 0 saturated carbocycles. The van der Waals surface area contributed by atoms with Crippen molar-refractivity contribution < 1.29 is 24.3 Å². The number of hydrogen-bond acceptors (Lipinski definition) is 5. The monoisotopic (exact) mass is 311 g/mol. The van der Waals surface area contributed by atoms with Crippen molar-refractivity contribution in [1.29, 1.82) is 0 Å². The first kappa shape index (κ1) is 15.0. The molecule has 1 aromatic heterocycles. The van der Waals surface area contributed by atoms with Gasteiger partial charge >= 0.3 is 12.0 Å². The zero-order chi connectivity index (χ0) is 15.7. The minimum Gasteiger partial charge on any atom is -0.478 e. The molecule has 0 spiro atoms. The molecule has 21 heavy (non-hydrogen) atoms. The number of hydrogen-bond donors (Lipinski definition) is 3. The smallest absolute Gasteiger partial charge is 0.338 e. The van der Waals surface area contributed by atoms with Gasteiger partial charge in [-0.2, -0.15) is 0 Å². The molecule has 0 aromatic carbocycles. The number of nitrogens with zero attached hydrogens (tertiary/aromatic N) is 1. The average molecular weight is 311 g/mol.